The first-order valence-corrected chi connectivity index (χ1v) is 7.09. The van der Waals surface area contributed by atoms with Crippen LogP contribution in [-0.2, 0) is 9.84 Å². The van der Waals surface area contributed by atoms with Crippen LogP contribution in [0.3, 0.4) is 0 Å². The summed E-state index contributed by atoms with van der Waals surface area (Å²) in [6.45, 7) is 1.57. The fraction of sp³-hybridized carbons (Fsp3) is 0.417. The van der Waals surface area contributed by atoms with Crippen LogP contribution in [0.4, 0.5) is 4.39 Å². The van der Waals surface area contributed by atoms with Crippen molar-refractivity contribution in [3.63, 3.8) is 0 Å². The minimum absolute atomic E-state index is 0.0353. The molecular formula is C12H12FNO2S. The molecule has 1 saturated carbocycles. The van der Waals surface area contributed by atoms with E-state index in [1.54, 1.807) is 19.1 Å². The molecule has 17 heavy (non-hydrogen) atoms. The standard InChI is InChI=1S/C12H12FNO2S/c1-2-17(15,16)12-10(7-14)11(12)8-3-5-9(13)6-4-8/h3-6,10-12H,2H2,1H3/t10-,11+,12+/m0/s1. The molecule has 3 atom stereocenters. The maximum absolute atomic E-state index is 12.8. The minimum Gasteiger partial charge on any atom is -0.228 e. The Labute approximate surface area is 99.8 Å². The lowest BCUT2D eigenvalue weighted by Crippen LogP contribution is -2.12. The van der Waals surface area contributed by atoms with E-state index in [2.05, 4.69) is 0 Å². The minimum atomic E-state index is -3.21. The van der Waals surface area contributed by atoms with Gasteiger partial charge in [0.15, 0.2) is 9.84 Å². The van der Waals surface area contributed by atoms with Crippen molar-refractivity contribution < 1.29 is 12.8 Å². The third-order valence-corrected chi connectivity index (χ3v) is 5.40. The first-order chi connectivity index (χ1) is 8.01. The second-order valence-electron chi connectivity index (χ2n) is 4.15. The molecule has 2 rings (SSSR count). The van der Waals surface area contributed by atoms with Crippen molar-refractivity contribution in [2.45, 2.75) is 18.1 Å². The van der Waals surface area contributed by atoms with Crippen LogP contribution >= 0.6 is 0 Å². The Morgan fingerprint density at radius 3 is 2.41 bits per heavy atom. The summed E-state index contributed by atoms with van der Waals surface area (Å²) < 4.78 is 36.3. The molecule has 0 saturated heterocycles. The summed E-state index contributed by atoms with van der Waals surface area (Å²) in [6, 6.07) is 7.70. The van der Waals surface area contributed by atoms with Crippen molar-refractivity contribution in [2.75, 3.05) is 5.75 Å². The Morgan fingerprint density at radius 2 is 1.94 bits per heavy atom. The molecule has 0 unspecified atom stereocenters. The molecule has 1 fully saturated rings. The van der Waals surface area contributed by atoms with Crippen molar-refractivity contribution in [3.8, 4) is 6.07 Å². The van der Waals surface area contributed by atoms with Crippen LogP contribution in [0, 0.1) is 23.1 Å². The lowest BCUT2D eigenvalue weighted by molar-refractivity contribution is 0.594. The average Bonchev–Trinajstić information content (AvgIpc) is 3.05. The monoisotopic (exact) mass is 253 g/mol. The molecule has 0 aliphatic heterocycles. The zero-order valence-electron chi connectivity index (χ0n) is 9.30. The fourth-order valence-electron chi connectivity index (χ4n) is 2.16. The van der Waals surface area contributed by atoms with Gasteiger partial charge in [-0.2, -0.15) is 5.26 Å². The van der Waals surface area contributed by atoms with Crippen LogP contribution in [-0.4, -0.2) is 19.4 Å². The molecule has 90 valence electrons. The third kappa shape index (κ3) is 2.05. The van der Waals surface area contributed by atoms with Crippen molar-refractivity contribution in [2.24, 2.45) is 5.92 Å². The van der Waals surface area contributed by atoms with Gasteiger partial charge in [-0.1, -0.05) is 19.1 Å². The number of hydrogen-bond donors (Lipinski definition) is 0. The largest absolute Gasteiger partial charge is 0.228 e. The van der Waals surface area contributed by atoms with E-state index in [0.29, 0.717) is 0 Å². The molecule has 0 heterocycles. The molecule has 0 radical (unpaired) electrons. The smallest absolute Gasteiger partial charge is 0.154 e. The van der Waals surface area contributed by atoms with Crippen molar-refractivity contribution in [1.29, 1.82) is 5.26 Å². The summed E-state index contributed by atoms with van der Waals surface area (Å²) >= 11 is 0. The number of nitriles is 1. The maximum Gasteiger partial charge on any atom is 0.154 e. The van der Waals surface area contributed by atoms with Gasteiger partial charge in [-0.05, 0) is 17.7 Å². The van der Waals surface area contributed by atoms with E-state index in [1.807, 2.05) is 6.07 Å². The Bertz CT molecular complexity index is 559. The number of benzene rings is 1. The summed E-state index contributed by atoms with van der Waals surface area (Å²) in [7, 11) is -3.21. The SMILES string of the molecule is CCS(=O)(=O)[C@@H]1[C@@H](C#N)[C@H]1c1ccc(F)cc1. The van der Waals surface area contributed by atoms with Gasteiger partial charge in [-0.3, -0.25) is 0 Å². The Hall–Kier alpha value is -1.41. The van der Waals surface area contributed by atoms with E-state index in [9.17, 15) is 12.8 Å². The molecule has 1 aliphatic rings. The van der Waals surface area contributed by atoms with Gasteiger partial charge in [0.05, 0.1) is 17.2 Å². The van der Waals surface area contributed by atoms with E-state index < -0.39 is 21.0 Å². The number of halogens is 1. The van der Waals surface area contributed by atoms with Gasteiger partial charge in [-0.25, -0.2) is 12.8 Å². The summed E-state index contributed by atoms with van der Waals surface area (Å²) in [5, 5.41) is 8.31. The highest BCUT2D eigenvalue weighted by atomic mass is 32.2. The fourth-order valence-corrected chi connectivity index (χ4v) is 3.90. The molecule has 0 aromatic heterocycles. The zero-order valence-corrected chi connectivity index (χ0v) is 10.1. The van der Waals surface area contributed by atoms with Crippen LogP contribution in [0.25, 0.3) is 0 Å². The van der Waals surface area contributed by atoms with E-state index in [0.717, 1.165) is 5.56 Å². The average molecular weight is 253 g/mol. The predicted molar refractivity (Wildman–Crippen MR) is 61.5 cm³/mol. The maximum atomic E-state index is 12.8. The van der Waals surface area contributed by atoms with Crippen molar-refractivity contribution >= 4 is 9.84 Å². The lowest BCUT2D eigenvalue weighted by atomic mass is 10.1. The summed E-state index contributed by atoms with van der Waals surface area (Å²) in [6.07, 6.45) is 0. The predicted octanol–water partition coefficient (Wildman–Crippen LogP) is 1.87. The highest BCUT2D eigenvalue weighted by Crippen LogP contribution is 2.52. The first-order valence-electron chi connectivity index (χ1n) is 5.38. The highest BCUT2D eigenvalue weighted by molar-refractivity contribution is 7.92. The normalized spacial score (nSPS) is 27.5. The molecule has 1 aromatic carbocycles. The molecule has 0 bridgehead atoms. The van der Waals surface area contributed by atoms with Crippen molar-refractivity contribution in [3.05, 3.63) is 35.6 Å². The highest BCUT2D eigenvalue weighted by Gasteiger charge is 2.58. The molecule has 0 N–H and O–H groups in total. The molecular weight excluding hydrogens is 241 g/mol. The summed E-state index contributed by atoms with van der Waals surface area (Å²) in [5.41, 5.74) is 0.722. The van der Waals surface area contributed by atoms with E-state index in [4.69, 9.17) is 5.26 Å². The number of sulfone groups is 1. The van der Waals surface area contributed by atoms with Crippen LogP contribution in [0.1, 0.15) is 18.4 Å². The van der Waals surface area contributed by atoms with Gasteiger partial charge >= 0.3 is 0 Å². The molecule has 5 heteroatoms. The lowest BCUT2D eigenvalue weighted by Gasteiger charge is -2.00. The Balaban J connectivity index is 2.30. The van der Waals surface area contributed by atoms with Gasteiger partial charge < -0.3 is 0 Å². The second kappa shape index (κ2) is 4.11. The van der Waals surface area contributed by atoms with Gasteiger partial charge in [0.2, 0.25) is 0 Å². The van der Waals surface area contributed by atoms with Crippen LogP contribution in [0.5, 0.6) is 0 Å². The van der Waals surface area contributed by atoms with Crippen LogP contribution in [0.2, 0.25) is 0 Å². The van der Waals surface area contributed by atoms with Crippen molar-refractivity contribution in [1.82, 2.24) is 0 Å². The summed E-state index contributed by atoms with van der Waals surface area (Å²) in [5.74, 6) is -1.12. The van der Waals surface area contributed by atoms with E-state index >= 15 is 0 Å². The Kier molecular flexibility index (Phi) is 2.92. The van der Waals surface area contributed by atoms with Crippen LogP contribution in [0.15, 0.2) is 24.3 Å². The van der Waals surface area contributed by atoms with Gasteiger partial charge in [0, 0.05) is 11.7 Å². The number of hydrogen-bond acceptors (Lipinski definition) is 3. The zero-order chi connectivity index (χ0) is 12.6. The van der Waals surface area contributed by atoms with Gasteiger partial charge in [0.1, 0.15) is 5.82 Å². The quantitative estimate of drug-likeness (QED) is 0.826. The van der Waals surface area contributed by atoms with Crippen LogP contribution < -0.4 is 0 Å². The first kappa shape index (κ1) is 12.1. The Morgan fingerprint density at radius 1 is 1.35 bits per heavy atom. The van der Waals surface area contributed by atoms with E-state index in [1.165, 1.54) is 12.1 Å². The molecule has 3 nitrogen and oxygen atoms in total. The number of nitrogens with zero attached hydrogens (tertiary/aromatic N) is 1. The molecule has 1 aromatic rings. The molecule has 1 aliphatic carbocycles. The van der Waals surface area contributed by atoms with Gasteiger partial charge in [0.25, 0.3) is 0 Å². The third-order valence-electron chi connectivity index (χ3n) is 3.17. The van der Waals surface area contributed by atoms with Gasteiger partial charge in [-0.15, -0.1) is 0 Å². The molecule has 0 spiro atoms. The second-order valence-corrected chi connectivity index (χ2v) is 6.60. The van der Waals surface area contributed by atoms with E-state index in [-0.39, 0.29) is 17.5 Å². The number of rotatable bonds is 3. The topological polar surface area (TPSA) is 57.9 Å². The summed E-state index contributed by atoms with van der Waals surface area (Å²) in [4.78, 5) is 0. The molecule has 0 amide bonds.